The predicted molar refractivity (Wildman–Crippen MR) is 83.8 cm³/mol. The molecule has 0 radical (unpaired) electrons. The van der Waals surface area contributed by atoms with Crippen molar-refractivity contribution in [3.63, 3.8) is 0 Å². The van der Waals surface area contributed by atoms with Gasteiger partial charge in [0, 0.05) is 10.7 Å². The Morgan fingerprint density at radius 3 is 2.79 bits per heavy atom. The zero-order valence-electron chi connectivity index (χ0n) is 11.7. The quantitative estimate of drug-likeness (QED) is 0.411. The van der Waals surface area contributed by atoms with Crippen molar-refractivity contribution < 1.29 is 4.74 Å². The summed E-state index contributed by atoms with van der Waals surface area (Å²) in [6.07, 6.45) is 10.6. The zero-order valence-corrected chi connectivity index (χ0v) is 13.3. The van der Waals surface area contributed by atoms with E-state index in [1.807, 2.05) is 38.1 Å². The van der Waals surface area contributed by atoms with Crippen LogP contribution in [0.2, 0.25) is 0 Å². The van der Waals surface area contributed by atoms with Crippen LogP contribution in [0.1, 0.15) is 32.9 Å². The molecule has 102 valence electrons. The molecule has 0 N–H and O–H groups in total. The topological polar surface area (TPSA) is 22.1 Å². The van der Waals surface area contributed by atoms with Crippen molar-refractivity contribution >= 4 is 15.9 Å². The second-order valence-electron chi connectivity index (χ2n) is 4.39. The number of nitrogens with zero attached hydrogens (tertiary/aromatic N) is 1. The molecule has 3 heteroatoms. The smallest absolute Gasteiger partial charge is 0.165 e. The second-order valence-corrected chi connectivity index (χ2v) is 5.30. The number of ether oxygens (including phenoxy) is 1. The summed E-state index contributed by atoms with van der Waals surface area (Å²) in [5.74, 6) is 0.830. The molecule has 0 amide bonds. The van der Waals surface area contributed by atoms with Gasteiger partial charge in [0.15, 0.2) is 5.60 Å². The summed E-state index contributed by atoms with van der Waals surface area (Å²) in [7, 11) is 0. The second kappa shape index (κ2) is 7.29. The molecule has 0 spiro atoms. The fourth-order valence-electron chi connectivity index (χ4n) is 1.58. The third-order valence-electron chi connectivity index (χ3n) is 2.70. The summed E-state index contributed by atoms with van der Waals surface area (Å²) in [5, 5.41) is 0. The molecule has 0 saturated carbocycles. The van der Waals surface area contributed by atoms with Gasteiger partial charge in [-0.25, -0.2) is 0 Å². The van der Waals surface area contributed by atoms with E-state index in [9.17, 15) is 0 Å². The molecule has 0 aliphatic heterocycles. The normalized spacial score (nSPS) is 15.3. The van der Waals surface area contributed by atoms with Gasteiger partial charge >= 0.3 is 0 Å². The summed E-state index contributed by atoms with van der Waals surface area (Å²) >= 11 is 3.38. The van der Waals surface area contributed by atoms with Crippen molar-refractivity contribution in [1.29, 1.82) is 0 Å². The Balaban J connectivity index is 2.92. The molecule has 0 bridgehead atoms. The molecule has 0 aliphatic rings. The van der Waals surface area contributed by atoms with Gasteiger partial charge in [-0.2, -0.15) is 0 Å². The maximum atomic E-state index is 5.97. The van der Waals surface area contributed by atoms with E-state index in [4.69, 9.17) is 4.74 Å². The minimum Gasteiger partial charge on any atom is -0.482 e. The number of hydrogen-bond donors (Lipinski definition) is 0. The van der Waals surface area contributed by atoms with Crippen molar-refractivity contribution in [2.45, 2.75) is 32.8 Å². The maximum Gasteiger partial charge on any atom is 0.165 e. The highest BCUT2D eigenvalue weighted by Gasteiger charge is 2.26. The molecule has 0 fully saturated rings. The highest BCUT2D eigenvalue weighted by molar-refractivity contribution is 9.10. The van der Waals surface area contributed by atoms with Crippen LogP contribution in [0.25, 0.3) is 0 Å². The van der Waals surface area contributed by atoms with Crippen LogP contribution >= 0.6 is 15.9 Å². The summed E-state index contributed by atoms with van der Waals surface area (Å²) in [6.45, 7) is 9.84. The lowest BCUT2D eigenvalue weighted by molar-refractivity contribution is 0.0568. The van der Waals surface area contributed by atoms with Crippen LogP contribution in [0.5, 0.6) is 0 Å². The molecule has 19 heavy (non-hydrogen) atoms. The van der Waals surface area contributed by atoms with E-state index in [1.54, 1.807) is 12.3 Å². The Kier molecular flexibility index (Phi) is 6.03. The summed E-state index contributed by atoms with van der Waals surface area (Å²) < 4.78 is 6.92. The Hall–Kier alpha value is -1.35. The average Bonchev–Trinajstić information content (AvgIpc) is 2.39. The zero-order chi connectivity index (χ0) is 14.3. The van der Waals surface area contributed by atoms with Gasteiger partial charge in [-0.15, -0.1) is 0 Å². The molecule has 1 rings (SSSR count). The lowest BCUT2D eigenvalue weighted by Crippen LogP contribution is -2.23. The largest absolute Gasteiger partial charge is 0.482 e. The van der Waals surface area contributed by atoms with Gasteiger partial charge in [-0.05, 0) is 60.5 Å². The number of aromatic nitrogens is 1. The molecule has 1 aromatic rings. The van der Waals surface area contributed by atoms with Crippen LogP contribution in [0.3, 0.4) is 0 Å². The van der Waals surface area contributed by atoms with Gasteiger partial charge in [0.25, 0.3) is 0 Å². The van der Waals surface area contributed by atoms with E-state index in [2.05, 4.69) is 40.5 Å². The third-order valence-corrected chi connectivity index (χ3v) is 3.17. The van der Waals surface area contributed by atoms with Gasteiger partial charge < -0.3 is 4.74 Å². The fourth-order valence-corrected chi connectivity index (χ4v) is 1.81. The van der Waals surface area contributed by atoms with Crippen LogP contribution in [-0.4, -0.2) is 4.98 Å². The molecule has 1 heterocycles. The number of rotatable bonds is 6. The van der Waals surface area contributed by atoms with Crippen LogP contribution in [0.4, 0.5) is 0 Å². The van der Waals surface area contributed by atoms with Gasteiger partial charge in [0.05, 0.1) is 11.5 Å². The molecule has 0 saturated heterocycles. The van der Waals surface area contributed by atoms with Crippen LogP contribution in [-0.2, 0) is 10.3 Å². The predicted octanol–water partition coefficient (Wildman–Crippen LogP) is 5.13. The molecule has 0 aliphatic carbocycles. The first-order valence-electron chi connectivity index (χ1n) is 6.30. The van der Waals surface area contributed by atoms with Crippen molar-refractivity contribution in [1.82, 2.24) is 4.98 Å². The molecule has 0 aromatic carbocycles. The first-order chi connectivity index (χ1) is 9.01. The first kappa shape index (κ1) is 15.7. The molecule has 1 aromatic heterocycles. The van der Waals surface area contributed by atoms with Crippen molar-refractivity contribution in [2.24, 2.45) is 0 Å². The van der Waals surface area contributed by atoms with E-state index in [1.165, 1.54) is 0 Å². The Bertz CT molecular complexity index is 476. The average molecular weight is 322 g/mol. The van der Waals surface area contributed by atoms with Crippen molar-refractivity contribution in [2.75, 3.05) is 0 Å². The van der Waals surface area contributed by atoms with E-state index in [0.29, 0.717) is 0 Å². The molecule has 1 atom stereocenters. The summed E-state index contributed by atoms with van der Waals surface area (Å²) in [5.41, 5.74) is 0.208. The molecular weight excluding hydrogens is 302 g/mol. The van der Waals surface area contributed by atoms with Gasteiger partial charge in [-0.3, -0.25) is 4.98 Å². The number of pyridine rings is 1. The Morgan fingerprint density at radius 2 is 2.26 bits per heavy atom. The first-order valence-corrected chi connectivity index (χ1v) is 7.09. The number of allylic oxidation sites excluding steroid dienone is 4. The highest BCUT2D eigenvalue weighted by Crippen LogP contribution is 2.28. The monoisotopic (exact) mass is 321 g/mol. The van der Waals surface area contributed by atoms with Crippen molar-refractivity contribution in [3.8, 4) is 0 Å². The van der Waals surface area contributed by atoms with Crippen molar-refractivity contribution in [3.05, 3.63) is 65.1 Å². The van der Waals surface area contributed by atoms with E-state index in [-0.39, 0.29) is 0 Å². The lowest BCUT2D eigenvalue weighted by atomic mass is 10.0. The Morgan fingerprint density at radius 1 is 1.53 bits per heavy atom. The number of hydrogen-bond acceptors (Lipinski definition) is 2. The maximum absolute atomic E-state index is 5.97. The summed E-state index contributed by atoms with van der Waals surface area (Å²) in [6, 6.07) is 3.88. The lowest BCUT2D eigenvalue weighted by Gasteiger charge is -2.27. The minimum absolute atomic E-state index is 0.624. The van der Waals surface area contributed by atoms with Gasteiger partial charge in [0.1, 0.15) is 0 Å². The van der Waals surface area contributed by atoms with E-state index in [0.717, 1.165) is 22.3 Å². The van der Waals surface area contributed by atoms with Gasteiger partial charge in [0.2, 0.25) is 0 Å². The SMILES string of the molecule is C=CC(C)(O/C(C)=C\C=C/CC)c1ccc(Br)cn1. The molecular formula is C16H20BrNO. The van der Waals surface area contributed by atoms with Crippen LogP contribution in [0, 0.1) is 0 Å². The third kappa shape index (κ3) is 4.67. The Labute approximate surface area is 124 Å². The number of halogens is 1. The standard InChI is InChI=1S/C16H20BrNO/c1-5-7-8-9-13(3)19-16(4,6-2)15-11-10-14(17)12-18-15/h6-12H,2,5H2,1,3-4H3/b8-7-,13-9-. The highest BCUT2D eigenvalue weighted by atomic mass is 79.9. The van der Waals surface area contributed by atoms with E-state index < -0.39 is 5.60 Å². The van der Waals surface area contributed by atoms with Gasteiger partial charge in [-0.1, -0.05) is 25.7 Å². The van der Waals surface area contributed by atoms with Crippen LogP contribution in [0.15, 0.2) is 59.4 Å². The summed E-state index contributed by atoms with van der Waals surface area (Å²) in [4.78, 5) is 4.38. The van der Waals surface area contributed by atoms with Crippen LogP contribution < -0.4 is 0 Å². The molecule has 1 unspecified atom stereocenters. The van der Waals surface area contributed by atoms with E-state index >= 15 is 0 Å². The molecule has 2 nitrogen and oxygen atoms in total. The fraction of sp³-hybridized carbons (Fsp3) is 0.312. The minimum atomic E-state index is -0.624.